The Kier molecular flexibility index (Phi) is 2.11. The van der Waals surface area contributed by atoms with Crippen molar-refractivity contribution in [3.63, 3.8) is 0 Å². The fourth-order valence-corrected chi connectivity index (χ4v) is 1.89. The third-order valence-corrected chi connectivity index (χ3v) is 2.75. The van der Waals surface area contributed by atoms with Crippen LogP contribution >= 0.6 is 0 Å². The van der Waals surface area contributed by atoms with Gasteiger partial charge >= 0.3 is 5.97 Å². The third kappa shape index (κ3) is 2.08. The van der Waals surface area contributed by atoms with Crippen molar-refractivity contribution in [3.8, 4) is 0 Å². The van der Waals surface area contributed by atoms with E-state index in [0.29, 0.717) is 11.8 Å². The van der Waals surface area contributed by atoms with E-state index in [4.69, 9.17) is 9.47 Å². The summed E-state index contributed by atoms with van der Waals surface area (Å²) < 4.78 is 10.7. The van der Waals surface area contributed by atoms with Gasteiger partial charge in [0.15, 0.2) is 0 Å². The van der Waals surface area contributed by atoms with E-state index in [0.717, 1.165) is 0 Å². The molecule has 0 spiro atoms. The lowest BCUT2D eigenvalue weighted by Crippen LogP contribution is -2.30. The van der Waals surface area contributed by atoms with E-state index >= 15 is 0 Å². The molecule has 0 saturated heterocycles. The Morgan fingerprint density at radius 3 is 2.29 bits per heavy atom. The molecule has 3 heteroatoms. The Labute approximate surface area is 84.8 Å². The summed E-state index contributed by atoms with van der Waals surface area (Å²) in [7, 11) is 0. The zero-order valence-electron chi connectivity index (χ0n) is 9.24. The number of ether oxygens (including phenoxy) is 2. The molecule has 2 rings (SSSR count). The summed E-state index contributed by atoms with van der Waals surface area (Å²) in [4.78, 5) is 11.4. The number of esters is 1. The normalized spacial score (nSPS) is 35.9. The monoisotopic (exact) mass is 198 g/mol. The van der Waals surface area contributed by atoms with Crippen molar-refractivity contribution < 1.29 is 14.3 Å². The minimum absolute atomic E-state index is 0.0667. The molecular formula is C11H18O3. The Balaban J connectivity index is 1.71. The minimum Gasteiger partial charge on any atom is -0.436 e. The second kappa shape index (κ2) is 2.96. The van der Waals surface area contributed by atoms with Gasteiger partial charge in [-0.25, -0.2) is 0 Å². The van der Waals surface area contributed by atoms with Crippen molar-refractivity contribution in [1.29, 1.82) is 0 Å². The molecule has 0 aromatic carbocycles. The molecule has 14 heavy (non-hydrogen) atoms. The van der Waals surface area contributed by atoms with E-state index in [1.807, 2.05) is 20.8 Å². The minimum atomic E-state index is -0.428. The largest absolute Gasteiger partial charge is 0.436 e. The van der Waals surface area contributed by atoms with Crippen molar-refractivity contribution in [2.24, 2.45) is 17.8 Å². The van der Waals surface area contributed by atoms with Crippen LogP contribution in [0.1, 0.15) is 34.1 Å². The van der Waals surface area contributed by atoms with E-state index in [1.165, 1.54) is 6.42 Å². The summed E-state index contributed by atoms with van der Waals surface area (Å²) in [5, 5.41) is 0. The molecule has 0 N–H and O–H groups in total. The van der Waals surface area contributed by atoms with Crippen LogP contribution in [0.2, 0.25) is 0 Å². The first-order chi connectivity index (χ1) is 6.38. The average molecular weight is 198 g/mol. The number of rotatable bonds is 3. The van der Waals surface area contributed by atoms with Crippen LogP contribution < -0.4 is 0 Å². The molecule has 3 atom stereocenters. The standard InChI is InChI=1S/C11H18O3/c1-6(14-11(2,3)4)13-10(12)9-7-5-8(7)9/h6-9H,5H2,1-4H3. The quantitative estimate of drug-likeness (QED) is 0.513. The molecule has 2 saturated carbocycles. The molecule has 3 nitrogen and oxygen atoms in total. The Hall–Kier alpha value is -0.570. The molecule has 0 bridgehead atoms. The topological polar surface area (TPSA) is 35.5 Å². The predicted molar refractivity (Wildman–Crippen MR) is 51.5 cm³/mol. The number of fused-ring (bicyclic) bond motifs is 1. The van der Waals surface area contributed by atoms with E-state index in [9.17, 15) is 4.79 Å². The van der Waals surface area contributed by atoms with Gasteiger partial charge < -0.3 is 9.47 Å². The summed E-state index contributed by atoms with van der Waals surface area (Å²) in [6.45, 7) is 7.63. The molecule has 3 unspecified atom stereocenters. The Morgan fingerprint density at radius 1 is 1.36 bits per heavy atom. The maximum absolute atomic E-state index is 11.4. The summed E-state index contributed by atoms with van der Waals surface area (Å²) in [6, 6.07) is 0. The van der Waals surface area contributed by atoms with Crippen LogP contribution in [-0.2, 0) is 14.3 Å². The van der Waals surface area contributed by atoms with Gasteiger partial charge in [0.05, 0.1) is 11.5 Å². The Bertz CT molecular complexity index is 246. The zero-order chi connectivity index (χ0) is 10.5. The first-order valence-electron chi connectivity index (χ1n) is 5.27. The van der Waals surface area contributed by atoms with Gasteiger partial charge in [0.25, 0.3) is 0 Å². The zero-order valence-corrected chi connectivity index (χ0v) is 9.24. The lowest BCUT2D eigenvalue weighted by molar-refractivity contribution is -0.199. The van der Waals surface area contributed by atoms with Crippen molar-refractivity contribution in [1.82, 2.24) is 0 Å². The summed E-state index contributed by atoms with van der Waals surface area (Å²) in [5.74, 6) is 1.46. The molecule has 0 amide bonds. The molecule has 0 aliphatic heterocycles. The maximum atomic E-state index is 11.4. The molecule has 2 aliphatic rings. The first-order valence-corrected chi connectivity index (χ1v) is 5.27. The van der Waals surface area contributed by atoms with Gasteiger partial charge in [0.2, 0.25) is 6.29 Å². The third-order valence-electron chi connectivity index (χ3n) is 2.75. The van der Waals surface area contributed by atoms with Gasteiger partial charge in [-0.05, 0) is 46.0 Å². The number of hydrogen-bond donors (Lipinski definition) is 0. The molecule has 2 aliphatic carbocycles. The predicted octanol–water partition coefficient (Wildman–Crippen LogP) is 1.96. The van der Waals surface area contributed by atoms with Gasteiger partial charge in [0.1, 0.15) is 0 Å². The van der Waals surface area contributed by atoms with Crippen molar-refractivity contribution >= 4 is 5.97 Å². The van der Waals surface area contributed by atoms with E-state index in [1.54, 1.807) is 6.92 Å². The summed E-state index contributed by atoms with van der Waals surface area (Å²) in [6.07, 6.45) is 0.802. The van der Waals surface area contributed by atoms with Gasteiger partial charge in [0, 0.05) is 0 Å². The SMILES string of the molecule is CC(OC(=O)C1C2CC21)OC(C)(C)C. The van der Waals surface area contributed by atoms with E-state index in [-0.39, 0.29) is 17.5 Å². The van der Waals surface area contributed by atoms with Gasteiger partial charge in [-0.1, -0.05) is 0 Å². The fraction of sp³-hybridized carbons (Fsp3) is 0.909. The van der Waals surface area contributed by atoms with Crippen LogP contribution in [-0.4, -0.2) is 17.9 Å². The second-order valence-corrected chi connectivity index (χ2v) is 5.32. The lowest BCUT2D eigenvalue weighted by Gasteiger charge is -2.24. The average Bonchev–Trinajstić information content (AvgIpc) is 2.62. The number of hydrogen-bond acceptors (Lipinski definition) is 3. The van der Waals surface area contributed by atoms with Crippen molar-refractivity contribution in [3.05, 3.63) is 0 Å². The van der Waals surface area contributed by atoms with E-state index < -0.39 is 6.29 Å². The highest BCUT2D eigenvalue weighted by Gasteiger charge is 2.68. The molecule has 0 aromatic heterocycles. The van der Waals surface area contributed by atoms with Crippen molar-refractivity contribution in [2.45, 2.75) is 46.0 Å². The molecule has 80 valence electrons. The van der Waals surface area contributed by atoms with E-state index in [2.05, 4.69) is 0 Å². The molecular weight excluding hydrogens is 180 g/mol. The molecule has 0 aromatic rings. The summed E-state index contributed by atoms with van der Waals surface area (Å²) >= 11 is 0. The highest BCUT2D eigenvalue weighted by molar-refractivity contribution is 5.78. The van der Waals surface area contributed by atoms with Crippen LogP contribution in [0, 0.1) is 17.8 Å². The summed E-state index contributed by atoms with van der Waals surface area (Å²) in [5.41, 5.74) is -0.258. The molecule has 2 fully saturated rings. The van der Waals surface area contributed by atoms with Crippen LogP contribution in [0.5, 0.6) is 0 Å². The van der Waals surface area contributed by atoms with Crippen LogP contribution in [0.3, 0.4) is 0 Å². The van der Waals surface area contributed by atoms with Gasteiger partial charge in [-0.3, -0.25) is 4.79 Å². The van der Waals surface area contributed by atoms with Crippen LogP contribution in [0.15, 0.2) is 0 Å². The van der Waals surface area contributed by atoms with Gasteiger partial charge in [-0.15, -0.1) is 0 Å². The van der Waals surface area contributed by atoms with Crippen LogP contribution in [0.4, 0.5) is 0 Å². The van der Waals surface area contributed by atoms with Gasteiger partial charge in [-0.2, -0.15) is 0 Å². The highest BCUT2D eigenvalue weighted by atomic mass is 16.7. The lowest BCUT2D eigenvalue weighted by atomic mass is 10.2. The fourth-order valence-electron chi connectivity index (χ4n) is 1.89. The molecule has 0 heterocycles. The number of carbonyl (C=O) groups excluding carboxylic acids is 1. The van der Waals surface area contributed by atoms with Crippen LogP contribution in [0.25, 0.3) is 0 Å². The second-order valence-electron chi connectivity index (χ2n) is 5.32. The number of carbonyl (C=O) groups is 1. The first kappa shape index (κ1) is 9.97. The molecule has 0 radical (unpaired) electrons. The Morgan fingerprint density at radius 2 is 1.93 bits per heavy atom. The smallest absolute Gasteiger partial charge is 0.311 e. The highest BCUT2D eigenvalue weighted by Crippen LogP contribution is 2.68. The maximum Gasteiger partial charge on any atom is 0.311 e. The van der Waals surface area contributed by atoms with Crippen molar-refractivity contribution in [2.75, 3.05) is 0 Å².